The highest BCUT2D eigenvalue weighted by Gasteiger charge is 2.39. The van der Waals surface area contributed by atoms with Crippen LogP contribution in [0.25, 0.3) is 0 Å². The van der Waals surface area contributed by atoms with Crippen LogP contribution < -0.4 is 20.9 Å². The second-order valence-corrected chi connectivity index (χ2v) is 14.1. The third kappa shape index (κ3) is 9.96. The van der Waals surface area contributed by atoms with E-state index in [1.165, 1.54) is 6.92 Å². The molecule has 10 nitrogen and oxygen atoms in total. The van der Waals surface area contributed by atoms with Gasteiger partial charge in [-0.1, -0.05) is 32.0 Å². The van der Waals surface area contributed by atoms with Crippen molar-refractivity contribution in [2.75, 3.05) is 16.3 Å². The quantitative estimate of drug-likeness (QED) is 0.338. The van der Waals surface area contributed by atoms with Gasteiger partial charge >= 0.3 is 5.97 Å². The smallest absolute Gasteiger partial charge is 0.302 e. The standard InChI is InChI=1S/C29H38N4O4S.C5H10O2/c1-18(2)14-22(31-28(37)29(3,4)30)24(34)16-20-15-19-8-5-10-23(32-12-6-11-25(32)35)26(19)33(27(20)36)17-21-9-7-13-38-21;1-4(2)7-5(3)6/h5,7-10,13,18,20,22H,6,11-12,14-17,30H2,1-4H3,(H,31,37);4H,1-3H3/t20?,22-;/m1./s1. The Morgan fingerprint density at radius 2 is 1.82 bits per heavy atom. The van der Waals surface area contributed by atoms with Crippen molar-refractivity contribution >= 4 is 52.2 Å². The molecule has 1 unspecified atom stereocenters. The normalized spacial score (nSPS) is 17.2. The summed E-state index contributed by atoms with van der Waals surface area (Å²) in [6, 6.07) is 9.03. The number of thiophene rings is 1. The van der Waals surface area contributed by atoms with Gasteiger partial charge < -0.3 is 25.6 Å². The first-order chi connectivity index (χ1) is 21.1. The number of carbonyl (C=O) groups is 5. The SMILES string of the molecule is CC(=O)OC(C)C.CC(C)C[C@@H](NC(=O)C(C)(C)N)C(=O)CC1Cc2cccc(N3CCCC3=O)c2N(Cc2cccs2)C1=O. The number of hydrogen-bond acceptors (Lipinski definition) is 8. The van der Waals surface area contributed by atoms with Gasteiger partial charge in [0.25, 0.3) is 0 Å². The molecular formula is C34H48N4O6S. The number of hydrogen-bond donors (Lipinski definition) is 2. The number of esters is 1. The molecule has 11 heteroatoms. The van der Waals surface area contributed by atoms with Crippen molar-refractivity contribution in [2.24, 2.45) is 17.6 Å². The first-order valence-electron chi connectivity index (χ1n) is 15.6. The predicted molar refractivity (Wildman–Crippen MR) is 177 cm³/mol. The van der Waals surface area contributed by atoms with Crippen LogP contribution in [0, 0.1) is 11.8 Å². The van der Waals surface area contributed by atoms with Gasteiger partial charge in [-0.25, -0.2) is 0 Å². The third-order valence-corrected chi connectivity index (χ3v) is 8.40. The van der Waals surface area contributed by atoms with Crippen LogP contribution in [-0.2, 0) is 41.7 Å². The van der Waals surface area contributed by atoms with Gasteiger partial charge in [-0.2, -0.15) is 0 Å². The maximum Gasteiger partial charge on any atom is 0.302 e. The van der Waals surface area contributed by atoms with Gasteiger partial charge in [0, 0.05) is 37.1 Å². The second-order valence-electron chi connectivity index (χ2n) is 13.0. The van der Waals surface area contributed by atoms with Crippen molar-refractivity contribution < 1.29 is 28.7 Å². The van der Waals surface area contributed by atoms with Crippen LogP contribution in [0.3, 0.4) is 0 Å². The summed E-state index contributed by atoms with van der Waals surface area (Å²) in [5.41, 5.74) is 7.32. The first-order valence-corrected chi connectivity index (χ1v) is 16.5. The molecule has 2 aromatic rings. The molecule has 3 heterocycles. The number of nitrogens with zero attached hydrogens (tertiary/aromatic N) is 2. The molecule has 246 valence electrons. The maximum absolute atomic E-state index is 14.0. The molecule has 0 aliphatic carbocycles. The molecule has 2 aliphatic heterocycles. The molecule has 0 bridgehead atoms. The largest absolute Gasteiger partial charge is 0.463 e. The molecule has 1 aromatic heterocycles. The van der Waals surface area contributed by atoms with Crippen LogP contribution in [0.5, 0.6) is 0 Å². The van der Waals surface area contributed by atoms with E-state index >= 15 is 0 Å². The zero-order valence-electron chi connectivity index (χ0n) is 27.6. The molecule has 3 N–H and O–H groups in total. The van der Waals surface area contributed by atoms with Gasteiger partial charge in [-0.05, 0) is 76.0 Å². The minimum absolute atomic E-state index is 0.0226. The molecule has 2 atom stereocenters. The zero-order chi connectivity index (χ0) is 33.5. The molecule has 1 aromatic carbocycles. The monoisotopic (exact) mass is 640 g/mol. The van der Waals surface area contributed by atoms with E-state index in [9.17, 15) is 24.0 Å². The van der Waals surface area contributed by atoms with Gasteiger partial charge in [0.15, 0.2) is 5.78 Å². The predicted octanol–water partition coefficient (Wildman–Crippen LogP) is 4.77. The van der Waals surface area contributed by atoms with Gasteiger partial charge in [0.2, 0.25) is 17.7 Å². The molecule has 0 radical (unpaired) electrons. The number of anilines is 2. The Hall–Kier alpha value is -3.57. The van der Waals surface area contributed by atoms with Crippen molar-refractivity contribution in [2.45, 2.75) is 105 Å². The highest BCUT2D eigenvalue weighted by atomic mass is 32.1. The molecule has 45 heavy (non-hydrogen) atoms. The van der Waals surface area contributed by atoms with Crippen LogP contribution in [0.2, 0.25) is 0 Å². The Labute approximate surface area is 270 Å². The van der Waals surface area contributed by atoms with Gasteiger partial charge in [-0.3, -0.25) is 24.0 Å². The topological polar surface area (TPSA) is 139 Å². The fourth-order valence-corrected chi connectivity index (χ4v) is 6.23. The molecule has 1 saturated heterocycles. The minimum Gasteiger partial charge on any atom is -0.463 e. The number of rotatable bonds is 11. The average Bonchev–Trinajstić information content (AvgIpc) is 3.60. The van der Waals surface area contributed by atoms with Gasteiger partial charge in [0.05, 0.1) is 35.6 Å². The van der Waals surface area contributed by atoms with Crippen LogP contribution in [0.1, 0.15) is 84.6 Å². The van der Waals surface area contributed by atoms with E-state index in [0.29, 0.717) is 32.4 Å². The summed E-state index contributed by atoms with van der Waals surface area (Å²) in [5.74, 6) is -1.23. The zero-order valence-corrected chi connectivity index (χ0v) is 28.4. The summed E-state index contributed by atoms with van der Waals surface area (Å²) >= 11 is 1.57. The minimum atomic E-state index is -1.12. The fourth-order valence-electron chi connectivity index (χ4n) is 5.54. The number of Topliss-reactive ketones (excluding diaryl/α,β-unsaturated/α-hetero) is 1. The summed E-state index contributed by atoms with van der Waals surface area (Å²) < 4.78 is 4.61. The lowest BCUT2D eigenvalue weighted by Gasteiger charge is -2.37. The number of benzene rings is 1. The third-order valence-electron chi connectivity index (χ3n) is 7.54. The Morgan fingerprint density at radius 3 is 2.33 bits per heavy atom. The number of carbonyl (C=O) groups excluding carboxylic acids is 5. The van der Waals surface area contributed by atoms with Crippen molar-refractivity contribution in [1.82, 2.24) is 5.32 Å². The van der Waals surface area contributed by atoms with E-state index in [0.717, 1.165) is 28.2 Å². The highest BCUT2D eigenvalue weighted by molar-refractivity contribution is 7.09. The van der Waals surface area contributed by atoms with E-state index in [1.807, 2.05) is 63.4 Å². The van der Waals surface area contributed by atoms with E-state index in [1.54, 1.807) is 35.0 Å². The van der Waals surface area contributed by atoms with E-state index < -0.39 is 23.4 Å². The highest BCUT2D eigenvalue weighted by Crippen LogP contribution is 2.42. The second kappa shape index (κ2) is 15.6. The van der Waals surface area contributed by atoms with Crippen molar-refractivity contribution in [1.29, 1.82) is 0 Å². The number of fused-ring (bicyclic) bond motifs is 1. The van der Waals surface area contributed by atoms with E-state index in [-0.39, 0.29) is 42.0 Å². The number of nitrogens with one attached hydrogen (secondary N) is 1. The first kappa shape index (κ1) is 35.9. The lowest BCUT2D eigenvalue weighted by atomic mass is 9.85. The van der Waals surface area contributed by atoms with Crippen LogP contribution in [-0.4, -0.2) is 53.7 Å². The molecule has 4 rings (SSSR count). The molecule has 0 spiro atoms. The molecule has 3 amide bonds. The number of ketones is 1. The summed E-state index contributed by atoms with van der Waals surface area (Å²) in [4.78, 5) is 67.4. The van der Waals surface area contributed by atoms with Crippen molar-refractivity contribution in [3.8, 4) is 0 Å². The molecule has 1 fully saturated rings. The van der Waals surface area contributed by atoms with Gasteiger partial charge in [0.1, 0.15) is 0 Å². The van der Waals surface area contributed by atoms with Crippen LogP contribution >= 0.6 is 11.3 Å². The van der Waals surface area contributed by atoms with Crippen LogP contribution in [0.4, 0.5) is 11.4 Å². The number of ether oxygens (including phenoxy) is 1. The Morgan fingerprint density at radius 1 is 1.11 bits per heavy atom. The van der Waals surface area contributed by atoms with Gasteiger partial charge in [-0.15, -0.1) is 11.3 Å². The summed E-state index contributed by atoms with van der Waals surface area (Å²) in [5, 5.41) is 4.80. The lowest BCUT2D eigenvalue weighted by Crippen LogP contribution is -2.54. The average molecular weight is 641 g/mol. The van der Waals surface area contributed by atoms with E-state index in [4.69, 9.17) is 5.73 Å². The summed E-state index contributed by atoms with van der Waals surface area (Å²) in [6.07, 6.45) is 2.22. The Bertz CT molecular complexity index is 1370. The number of amides is 3. The maximum atomic E-state index is 14.0. The Kier molecular flexibility index (Phi) is 12.5. The number of nitrogens with two attached hydrogens (primary N) is 1. The summed E-state index contributed by atoms with van der Waals surface area (Å²) in [6.45, 7) is 13.2. The lowest BCUT2D eigenvalue weighted by molar-refractivity contribution is -0.144. The molecule has 2 aliphatic rings. The van der Waals surface area contributed by atoms with Crippen molar-refractivity contribution in [3.05, 3.63) is 46.2 Å². The van der Waals surface area contributed by atoms with Crippen LogP contribution in [0.15, 0.2) is 35.7 Å². The fraction of sp³-hybridized carbons (Fsp3) is 0.559. The molecular weight excluding hydrogens is 592 g/mol. The molecule has 0 saturated carbocycles. The number of para-hydroxylation sites is 1. The Balaban J connectivity index is 0.000000707. The van der Waals surface area contributed by atoms with E-state index in [2.05, 4.69) is 10.1 Å². The summed E-state index contributed by atoms with van der Waals surface area (Å²) in [7, 11) is 0. The van der Waals surface area contributed by atoms with Crippen molar-refractivity contribution in [3.63, 3.8) is 0 Å².